The molecule has 29 heavy (non-hydrogen) atoms. The Labute approximate surface area is 174 Å². The van der Waals surface area contributed by atoms with Gasteiger partial charge in [0.05, 0.1) is 51.8 Å². The van der Waals surface area contributed by atoms with E-state index >= 15 is 0 Å². The van der Waals surface area contributed by atoms with Crippen molar-refractivity contribution in [2.75, 3.05) is 59.4 Å². The van der Waals surface area contributed by atoms with Crippen LogP contribution < -0.4 is 5.32 Å². The quantitative estimate of drug-likeness (QED) is 0.376. The van der Waals surface area contributed by atoms with Gasteiger partial charge in [0, 0.05) is 19.6 Å². The van der Waals surface area contributed by atoms with Gasteiger partial charge in [-0.3, -0.25) is 4.79 Å². The van der Waals surface area contributed by atoms with Crippen molar-refractivity contribution >= 4 is 5.91 Å². The van der Waals surface area contributed by atoms with Crippen molar-refractivity contribution in [2.24, 2.45) is 17.8 Å². The Bertz CT molecular complexity index is 451. The highest BCUT2D eigenvalue weighted by Gasteiger charge is 2.51. The maximum Gasteiger partial charge on any atom is 0.220 e. The van der Waals surface area contributed by atoms with E-state index in [9.17, 15) is 4.79 Å². The van der Waals surface area contributed by atoms with Gasteiger partial charge in [0.2, 0.25) is 5.91 Å². The van der Waals surface area contributed by atoms with Gasteiger partial charge in [-0.25, -0.2) is 0 Å². The molecule has 0 spiro atoms. The minimum Gasteiger partial charge on any atom is -0.396 e. The highest BCUT2D eigenvalue weighted by molar-refractivity contribution is 5.75. The van der Waals surface area contributed by atoms with E-state index in [1.54, 1.807) is 0 Å². The van der Waals surface area contributed by atoms with E-state index in [2.05, 4.69) is 5.32 Å². The van der Waals surface area contributed by atoms with Crippen LogP contribution in [0.1, 0.15) is 51.4 Å². The van der Waals surface area contributed by atoms with Gasteiger partial charge in [-0.2, -0.15) is 0 Å². The molecule has 7 heteroatoms. The molecular formula is C22H39NO6. The molecule has 7 nitrogen and oxygen atoms in total. The second-order valence-electron chi connectivity index (χ2n) is 8.96. The van der Waals surface area contributed by atoms with E-state index in [-0.39, 0.29) is 18.1 Å². The number of amides is 1. The van der Waals surface area contributed by atoms with Crippen LogP contribution in [0.3, 0.4) is 0 Å². The molecule has 0 aromatic heterocycles. The Balaban J connectivity index is 1.08. The van der Waals surface area contributed by atoms with Gasteiger partial charge < -0.3 is 29.4 Å². The molecule has 0 aromatic carbocycles. The molecule has 4 saturated carbocycles. The molecule has 4 fully saturated rings. The van der Waals surface area contributed by atoms with Crippen molar-refractivity contribution in [3.05, 3.63) is 0 Å². The lowest BCUT2D eigenvalue weighted by Gasteiger charge is -2.56. The molecule has 2 N–H and O–H groups in total. The van der Waals surface area contributed by atoms with Gasteiger partial charge in [-0.15, -0.1) is 0 Å². The lowest BCUT2D eigenvalue weighted by molar-refractivity contribution is -0.169. The minimum absolute atomic E-state index is 0.0417. The van der Waals surface area contributed by atoms with Crippen LogP contribution >= 0.6 is 0 Å². The molecule has 0 aromatic rings. The highest BCUT2D eigenvalue weighted by atomic mass is 16.6. The van der Waals surface area contributed by atoms with Crippen LogP contribution in [-0.4, -0.2) is 76.0 Å². The first-order valence-corrected chi connectivity index (χ1v) is 11.4. The number of carbonyl (C=O) groups is 1. The van der Waals surface area contributed by atoms with Crippen molar-refractivity contribution in [3.63, 3.8) is 0 Å². The first kappa shape index (κ1) is 22.9. The standard InChI is InChI=1S/C22H39NO6/c24-4-1-2-21(25)23-3-5-26-6-7-27-8-9-28-10-11-29-22-15-18-12-19(16-22)14-20(13-18)17-22/h18-20,24H,1-17H2,(H,23,25). The van der Waals surface area contributed by atoms with E-state index < -0.39 is 0 Å². The molecule has 0 heterocycles. The SMILES string of the molecule is O=C(CCCO)NCCOCCOCCOCCOC12CC3CC(CC(C3)C1)C2. The Kier molecular flexibility index (Phi) is 9.66. The molecule has 1 amide bonds. The summed E-state index contributed by atoms with van der Waals surface area (Å²) in [5.74, 6) is 2.70. The fraction of sp³-hybridized carbons (Fsp3) is 0.955. The zero-order valence-corrected chi connectivity index (χ0v) is 17.7. The highest BCUT2D eigenvalue weighted by Crippen LogP contribution is 2.57. The monoisotopic (exact) mass is 413 g/mol. The molecule has 0 atom stereocenters. The number of hydrogen-bond acceptors (Lipinski definition) is 6. The normalized spacial score (nSPS) is 30.0. The van der Waals surface area contributed by atoms with Gasteiger partial charge in [-0.05, 0) is 62.7 Å². The van der Waals surface area contributed by atoms with Crippen LogP contribution in [0.25, 0.3) is 0 Å². The second-order valence-corrected chi connectivity index (χ2v) is 8.96. The summed E-state index contributed by atoms with van der Waals surface area (Å²) >= 11 is 0. The number of aliphatic hydroxyl groups is 1. The molecule has 4 rings (SSSR count). The average Bonchev–Trinajstić information content (AvgIpc) is 2.68. The summed E-state index contributed by atoms with van der Waals surface area (Å²) in [6.07, 6.45) is 9.00. The molecule has 168 valence electrons. The van der Waals surface area contributed by atoms with E-state index in [0.29, 0.717) is 65.6 Å². The lowest BCUT2D eigenvalue weighted by atomic mass is 9.54. The second kappa shape index (κ2) is 12.2. The number of aliphatic hydroxyl groups excluding tert-OH is 1. The molecule has 0 radical (unpaired) electrons. The third-order valence-corrected chi connectivity index (χ3v) is 6.49. The van der Waals surface area contributed by atoms with E-state index in [4.69, 9.17) is 24.1 Å². The van der Waals surface area contributed by atoms with E-state index in [0.717, 1.165) is 17.8 Å². The van der Waals surface area contributed by atoms with Gasteiger partial charge in [0.15, 0.2) is 0 Å². The smallest absolute Gasteiger partial charge is 0.220 e. The van der Waals surface area contributed by atoms with Crippen molar-refractivity contribution in [3.8, 4) is 0 Å². The first-order chi connectivity index (χ1) is 14.2. The van der Waals surface area contributed by atoms with Crippen LogP contribution in [0.4, 0.5) is 0 Å². The fourth-order valence-electron chi connectivity index (χ4n) is 5.66. The maximum atomic E-state index is 11.3. The lowest BCUT2D eigenvalue weighted by Crippen LogP contribution is -2.52. The number of hydrogen-bond donors (Lipinski definition) is 2. The average molecular weight is 414 g/mol. The van der Waals surface area contributed by atoms with Crippen molar-refractivity contribution in [1.29, 1.82) is 0 Å². The number of rotatable bonds is 16. The van der Waals surface area contributed by atoms with Crippen molar-refractivity contribution < 1.29 is 28.8 Å². The molecule has 4 bridgehead atoms. The molecule has 4 aliphatic carbocycles. The predicted molar refractivity (Wildman–Crippen MR) is 109 cm³/mol. The molecule has 0 unspecified atom stereocenters. The maximum absolute atomic E-state index is 11.3. The molecule has 4 aliphatic rings. The Hall–Kier alpha value is -0.730. The molecule has 0 saturated heterocycles. The Morgan fingerprint density at radius 2 is 1.34 bits per heavy atom. The predicted octanol–water partition coefficient (Wildman–Crippen LogP) is 1.91. The number of ether oxygens (including phenoxy) is 4. The topological polar surface area (TPSA) is 86.3 Å². The summed E-state index contributed by atoms with van der Waals surface area (Å²) in [6, 6.07) is 0. The number of carbonyl (C=O) groups excluding carboxylic acids is 1. The Morgan fingerprint density at radius 1 is 0.828 bits per heavy atom. The Morgan fingerprint density at radius 3 is 1.90 bits per heavy atom. The third kappa shape index (κ3) is 7.79. The summed E-state index contributed by atoms with van der Waals surface area (Å²) in [4.78, 5) is 11.3. The minimum atomic E-state index is -0.0526. The summed E-state index contributed by atoms with van der Waals surface area (Å²) in [6.45, 7) is 4.47. The van der Waals surface area contributed by atoms with Gasteiger partial charge in [0.25, 0.3) is 0 Å². The van der Waals surface area contributed by atoms with Crippen LogP contribution in [0.15, 0.2) is 0 Å². The van der Waals surface area contributed by atoms with Crippen molar-refractivity contribution in [1.82, 2.24) is 5.32 Å². The summed E-state index contributed by atoms with van der Waals surface area (Å²) in [5, 5.41) is 11.4. The summed E-state index contributed by atoms with van der Waals surface area (Å²) in [5.41, 5.74) is 0.171. The van der Waals surface area contributed by atoms with Crippen LogP contribution in [-0.2, 0) is 23.7 Å². The van der Waals surface area contributed by atoms with Gasteiger partial charge in [-0.1, -0.05) is 0 Å². The zero-order valence-electron chi connectivity index (χ0n) is 17.7. The van der Waals surface area contributed by atoms with Crippen LogP contribution in [0, 0.1) is 17.8 Å². The summed E-state index contributed by atoms with van der Waals surface area (Å²) < 4.78 is 22.9. The van der Waals surface area contributed by atoms with Crippen molar-refractivity contribution in [2.45, 2.75) is 57.0 Å². The fourth-order valence-corrected chi connectivity index (χ4v) is 5.66. The van der Waals surface area contributed by atoms with E-state index in [1.807, 2.05) is 0 Å². The zero-order chi connectivity index (χ0) is 20.4. The summed E-state index contributed by atoms with van der Waals surface area (Å²) in [7, 11) is 0. The number of nitrogens with one attached hydrogen (secondary N) is 1. The molecule has 0 aliphatic heterocycles. The van der Waals surface area contributed by atoms with E-state index in [1.165, 1.54) is 38.5 Å². The molecular weight excluding hydrogens is 374 g/mol. The van der Waals surface area contributed by atoms with Crippen LogP contribution in [0.5, 0.6) is 0 Å². The van der Waals surface area contributed by atoms with Gasteiger partial charge in [0.1, 0.15) is 0 Å². The largest absolute Gasteiger partial charge is 0.396 e. The first-order valence-electron chi connectivity index (χ1n) is 11.4. The van der Waals surface area contributed by atoms with Crippen LogP contribution in [0.2, 0.25) is 0 Å². The third-order valence-electron chi connectivity index (χ3n) is 6.49. The van der Waals surface area contributed by atoms with Gasteiger partial charge >= 0.3 is 0 Å².